The highest BCUT2D eigenvalue weighted by Crippen LogP contribution is 2.31. The number of nitrogens with zero attached hydrogens (tertiary/aromatic N) is 3. The van der Waals surface area contributed by atoms with Crippen molar-refractivity contribution in [1.29, 1.82) is 0 Å². The van der Waals surface area contributed by atoms with E-state index < -0.39 is 0 Å². The predicted octanol–water partition coefficient (Wildman–Crippen LogP) is 1.60. The lowest BCUT2D eigenvalue weighted by molar-refractivity contribution is -0.124. The number of carbonyl (C=O) groups is 1. The van der Waals surface area contributed by atoms with E-state index in [2.05, 4.69) is 27.8 Å². The molecule has 1 fully saturated rings. The number of rotatable bonds is 4. The van der Waals surface area contributed by atoms with Crippen LogP contribution in [-0.4, -0.2) is 33.8 Å². The van der Waals surface area contributed by atoms with Gasteiger partial charge in [0.25, 0.3) is 0 Å². The average Bonchev–Trinajstić information content (AvgIpc) is 3.20. The molecule has 1 unspecified atom stereocenters. The molecule has 0 radical (unpaired) electrons. The highest BCUT2D eigenvalue weighted by molar-refractivity contribution is 5.96. The van der Waals surface area contributed by atoms with Crippen molar-refractivity contribution in [1.82, 2.24) is 20.1 Å². The van der Waals surface area contributed by atoms with Crippen LogP contribution in [0.1, 0.15) is 19.8 Å². The number of benzene rings is 1. The molecule has 0 spiro atoms. The summed E-state index contributed by atoms with van der Waals surface area (Å²) < 4.78 is 1.81. The number of hydrogen-bond acceptors (Lipinski definition) is 4. The van der Waals surface area contributed by atoms with E-state index in [1.165, 1.54) is 0 Å². The van der Waals surface area contributed by atoms with Crippen LogP contribution in [0.5, 0.6) is 0 Å². The first-order chi connectivity index (χ1) is 10.2. The van der Waals surface area contributed by atoms with Crippen LogP contribution in [0.25, 0.3) is 5.69 Å². The lowest BCUT2D eigenvalue weighted by atomic mass is 9.83. The van der Waals surface area contributed by atoms with Gasteiger partial charge in [0.1, 0.15) is 12.7 Å². The topological polar surface area (TPSA) is 71.8 Å². The maximum atomic E-state index is 12.6. The molecule has 21 heavy (non-hydrogen) atoms. The largest absolute Gasteiger partial charge is 0.325 e. The normalized spacial score (nSPS) is 21.4. The molecule has 110 valence electrons. The van der Waals surface area contributed by atoms with Gasteiger partial charge in [-0.15, -0.1) is 10.2 Å². The molecule has 1 aromatic heterocycles. The van der Waals surface area contributed by atoms with Crippen molar-refractivity contribution < 1.29 is 4.79 Å². The van der Waals surface area contributed by atoms with E-state index in [1.54, 1.807) is 12.7 Å². The fraction of sp³-hybridized carbons (Fsp3) is 0.400. The van der Waals surface area contributed by atoms with E-state index in [0.717, 1.165) is 37.3 Å². The van der Waals surface area contributed by atoms with E-state index in [1.807, 2.05) is 28.8 Å². The van der Waals surface area contributed by atoms with Gasteiger partial charge in [-0.3, -0.25) is 9.36 Å². The average molecular weight is 285 g/mol. The fourth-order valence-corrected chi connectivity index (χ4v) is 2.74. The molecule has 2 heterocycles. The van der Waals surface area contributed by atoms with E-state index in [0.29, 0.717) is 0 Å². The summed E-state index contributed by atoms with van der Waals surface area (Å²) >= 11 is 0. The second-order valence-electron chi connectivity index (χ2n) is 5.43. The van der Waals surface area contributed by atoms with Gasteiger partial charge in [0.15, 0.2) is 0 Å². The second kappa shape index (κ2) is 5.65. The number of amides is 1. The third kappa shape index (κ3) is 2.67. The van der Waals surface area contributed by atoms with E-state index in [4.69, 9.17) is 0 Å². The van der Waals surface area contributed by atoms with Gasteiger partial charge in [-0.05, 0) is 37.6 Å². The summed E-state index contributed by atoms with van der Waals surface area (Å²) in [5.41, 5.74) is 1.44. The zero-order valence-corrected chi connectivity index (χ0v) is 12.0. The molecule has 6 heteroatoms. The first-order valence-corrected chi connectivity index (χ1v) is 7.21. The predicted molar refractivity (Wildman–Crippen MR) is 80.2 cm³/mol. The highest BCUT2D eigenvalue weighted by atomic mass is 16.2. The van der Waals surface area contributed by atoms with Crippen molar-refractivity contribution in [2.75, 3.05) is 18.4 Å². The summed E-state index contributed by atoms with van der Waals surface area (Å²) in [6.45, 7) is 3.72. The van der Waals surface area contributed by atoms with Gasteiger partial charge in [0.05, 0.1) is 11.1 Å². The maximum absolute atomic E-state index is 12.6. The Morgan fingerprint density at radius 3 is 2.90 bits per heavy atom. The SMILES string of the molecule is CCC1(C(=O)Nc2cccc(-n3cnnc3)c2)CCNC1. The lowest BCUT2D eigenvalue weighted by Gasteiger charge is -2.25. The minimum absolute atomic E-state index is 0.0934. The Balaban J connectivity index is 1.79. The van der Waals surface area contributed by atoms with Crippen LogP contribution in [0.15, 0.2) is 36.9 Å². The number of aromatic nitrogens is 3. The van der Waals surface area contributed by atoms with Crippen LogP contribution < -0.4 is 10.6 Å². The molecule has 0 bridgehead atoms. The fourth-order valence-electron chi connectivity index (χ4n) is 2.74. The van der Waals surface area contributed by atoms with Crippen molar-refractivity contribution in [3.8, 4) is 5.69 Å². The van der Waals surface area contributed by atoms with Crippen LogP contribution in [-0.2, 0) is 4.79 Å². The van der Waals surface area contributed by atoms with Gasteiger partial charge in [0, 0.05) is 12.2 Å². The molecule has 3 rings (SSSR count). The van der Waals surface area contributed by atoms with Crippen molar-refractivity contribution >= 4 is 11.6 Å². The van der Waals surface area contributed by atoms with Gasteiger partial charge >= 0.3 is 0 Å². The third-order valence-corrected chi connectivity index (χ3v) is 4.22. The third-order valence-electron chi connectivity index (χ3n) is 4.22. The number of nitrogens with one attached hydrogen (secondary N) is 2. The minimum Gasteiger partial charge on any atom is -0.325 e. The zero-order valence-electron chi connectivity index (χ0n) is 12.0. The van der Waals surface area contributed by atoms with Crippen LogP contribution in [0.3, 0.4) is 0 Å². The van der Waals surface area contributed by atoms with Crippen molar-refractivity contribution in [3.05, 3.63) is 36.9 Å². The Morgan fingerprint density at radius 2 is 2.24 bits per heavy atom. The Hall–Kier alpha value is -2.21. The number of anilines is 1. The Bertz CT molecular complexity index is 617. The summed E-state index contributed by atoms with van der Waals surface area (Å²) in [4.78, 5) is 12.6. The molecule has 2 N–H and O–H groups in total. The van der Waals surface area contributed by atoms with Crippen molar-refractivity contribution in [2.45, 2.75) is 19.8 Å². The molecule has 1 aromatic carbocycles. The second-order valence-corrected chi connectivity index (χ2v) is 5.43. The number of hydrogen-bond donors (Lipinski definition) is 2. The Labute approximate surface area is 123 Å². The summed E-state index contributed by atoms with van der Waals surface area (Å²) in [6, 6.07) is 7.69. The Morgan fingerprint density at radius 1 is 1.43 bits per heavy atom. The maximum Gasteiger partial charge on any atom is 0.231 e. The van der Waals surface area contributed by atoms with E-state index in [-0.39, 0.29) is 11.3 Å². The first kappa shape index (κ1) is 13.8. The standard InChI is InChI=1S/C15H19N5O/c1-2-15(6-7-16-9-15)14(21)19-12-4-3-5-13(8-12)20-10-17-18-11-20/h3-5,8,10-11,16H,2,6-7,9H2,1H3,(H,19,21). The number of carbonyl (C=O) groups excluding carboxylic acids is 1. The van der Waals surface area contributed by atoms with E-state index >= 15 is 0 Å². The van der Waals surface area contributed by atoms with E-state index in [9.17, 15) is 4.79 Å². The van der Waals surface area contributed by atoms with Crippen molar-refractivity contribution in [3.63, 3.8) is 0 Å². The lowest BCUT2D eigenvalue weighted by Crippen LogP contribution is -2.37. The summed E-state index contributed by atoms with van der Waals surface area (Å²) in [7, 11) is 0. The molecule has 1 aliphatic rings. The van der Waals surface area contributed by atoms with Crippen LogP contribution in [0.4, 0.5) is 5.69 Å². The van der Waals surface area contributed by atoms with Gasteiger partial charge in [-0.1, -0.05) is 13.0 Å². The quantitative estimate of drug-likeness (QED) is 0.895. The minimum atomic E-state index is -0.285. The van der Waals surface area contributed by atoms with Crippen LogP contribution in [0.2, 0.25) is 0 Å². The van der Waals surface area contributed by atoms with Gasteiger partial charge in [-0.2, -0.15) is 0 Å². The molecule has 1 aliphatic heterocycles. The molecular weight excluding hydrogens is 266 g/mol. The summed E-state index contributed by atoms with van der Waals surface area (Å²) in [5, 5.41) is 13.9. The smallest absolute Gasteiger partial charge is 0.231 e. The molecule has 2 aromatic rings. The van der Waals surface area contributed by atoms with Crippen LogP contribution in [0, 0.1) is 5.41 Å². The molecule has 1 atom stereocenters. The molecular formula is C15H19N5O. The monoisotopic (exact) mass is 285 g/mol. The molecule has 6 nitrogen and oxygen atoms in total. The zero-order chi connectivity index (χ0) is 14.7. The highest BCUT2D eigenvalue weighted by Gasteiger charge is 2.39. The first-order valence-electron chi connectivity index (χ1n) is 7.21. The molecule has 0 saturated carbocycles. The molecule has 1 saturated heterocycles. The molecule has 0 aliphatic carbocycles. The van der Waals surface area contributed by atoms with Gasteiger partial charge in [-0.25, -0.2) is 0 Å². The van der Waals surface area contributed by atoms with Crippen molar-refractivity contribution in [2.24, 2.45) is 5.41 Å². The molecule has 1 amide bonds. The van der Waals surface area contributed by atoms with Gasteiger partial charge in [0.2, 0.25) is 5.91 Å². The summed E-state index contributed by atoms with van der Waals surface area (Å²) in [5.74, 6) is 0.0934. The van der Waals surface area contributed by atoms with Crippen LogP contribution >= 0.6 is 0 Å². The summed E-state index contributed by atoms with van der Waals surface area (Å²) in [6.07, 6.45) is 5.00. The Kier molecular flexibility index (Phi) is 3.70. The van der Waals surface area contributed by atoms with Gasteiger partial charge < -0.3 is 10.6 Å².